The summed E-state index contributed by atoms with van der Waals surface area (Å²) in [6.07, 6.45) is 0. The van der Waals surface area contributed by atoms with Crippen molar-refractivity contribution in [3.63, 3.8) is 0 Å². The highest BCUT2D eigenvalue weighted by Crippen LogP contribution is 2.34. The molecule has 1 fully saturated rings. The highest BCUT2D eigenvalue weighted by atomic mass is 19.1. The van der Waals surface area contributed by atoms with Gasteiger partial charge in [-0.2, -0.15) is 0 Å². The summed E-state index contributed by atoms with van der Waals surface area (Å²) >= 11 is 0. The molecule has 2 N–H and O–H groups in total. The molecular weight excluding hydrogens is 403 g/mol. The average Bonchev–Trinajstić information content (AvgIpc) is 3.24. The maximum absolute atomic E-state index is 13.4. The Morgan fingerprint density at radius 1 is 1.00 bits per heavy atom. The molecule has 0 bridgehead atoms. The molecule has 2 heterocycles. The van der Waals surface area contributed by atoms with Crippen molar-refractivity contribution in [2.24, 2.45) is 0 Å². The molecule has 0 aliphatic carbocycles. The predicted molar refractivity (Wildman–Crippen MR) is 112 cm³/mol. The smallest absolute Gasteiger partial charge is 0.313 e. The van der Waals surface area contributed by atoms with Crippen LogP contribution in [-0.4, -0.2) is 68.2 Å². The van der Waals surface area contributed by atoms with Crippen LogP contribution >= 0.6 is 0 Å². The molecule has 9 heteroatoms. The van der Waals surface area contributed by atoms with E-state index in [4.69, 9.17) is 9.47 Å². The first-order valence-corrected chi connectivity index (χ1v) is 10.2. The van der Waals surface area contributed by atoms with Crippen LogP contribution in [0.2, 0.25) is 0 Å². The molecule has 1 atom stereocenters. The number of piperazine rings is 1. The van der Waals surface area contributed by atoms with Crippen LogP contribution in [0.15, 0.2) is 42.5 Å². The molecule has 2 aliphatic heterocycles. The SMILES string of the molecule is CN1CCN([C@H](CNC(=O)C(=O)Nc2ccc3c(c2)OCO3)c2ccc(F)cc2)CC1. The summed E-state index contributed by atoms with van der Waals surface area (Å²) in [4.78, 5) is 29.3. The van der Waals surface area contributed by atoms with Gasteiger partial charge in [0.05, 0.1) is 6.04 Å². The molecule has 0 aromatic heterocycles. The minimum atomic E-state index is -0.768. The summed E-state index contributed by atoms with van der Waals surface area (Å²) in [6.45, 7) is 3.80. The number of amides is 2. The fourth-order valence-electron chi connectivity index (χ4n) is 3.71. The summed E-state index contributed by atoms with van der Waals surface area (Å²) in [5, 5.41) is 5.29. The summed E-state index contributed by atoms with van der Waals surface area (Å²) in [7, 11) is 2.06. The van der Waals surface area contributed by atoms with Crippen LogP contribution in [0.25, 0.3) is 0 Å². The minimum Gasteiger partial charge on any atom is -0.454 e. The van der Waals surface area contributed by atoms with Gasteiger partial charge in [-0.3, -0.25) is 14.5 Å². The van der Waals surface area contributed by atoms with E-state index in [0.29, 0.717) is 17.2 Å². The van der Waals surface area contributed by atoms with Gasteiger partial charge in [0.15, 0.2) is 11.5 Å². The van der Waals surface area contributed by atoms with Crippen LogP contribution < -0.4 is 20.1 Å². The lowest BCUT2D eigenvalue weighted by atomic mass is 10.0. The topological polar surface area (TPSA) is 83.1 Å². The van der Waals surface area contributed by atoms with Crippen molar-refractivity contribution in [1.82, 2.24) is 15.1 Å². The molecule has 2 aromatic carbocycles. The third-order valence-corrected chi connectivity index (χ3v) is 5.53. The van der Waals surface area contributed by atoms with Crippen molar-refractivity contribution in [1.29, 1.82) is 0 Å². The molecule has 1 saturated heterocycles. The summed E-state index contributed by atoms with van der Waals surface area (Å²) < 4.78 is 23.9. The van der Waals surface area contributed by atoms with Gasteiger partial charge in [0.1, 0.15) is 5.82 Å². The summed E-state index contributed by atoms with van der Waals surface area (Å²) in [5.74, 6) is -0.705. The van der Waals surface area contributed by atoms with Crippen molar-refractivity contribution >= 4 is 17.5 Å². The second-order valence-corrected chi connectivity index (χ2v) is 7.64. The second-order valence-electron chi connectivity index (χ2n) is 7.64. The van der Waals surface area contributed by atoms with Gasteiger partial charge in [0.25, 0.3) is 0 Å². The normalized spacial score (nSPS) is 17.2. The third kappa shape index (κ3) is 5.12. The Hall–Kier alpha value is -3.17. The van der Waals surface area contributed by atoms with Gasteiger partial charge in [-0.25, -0.2) is 4.39 Å². The first-order valence-electron chi connectivity index (χ1n) is 10.2. The van der Waals surface area contributed by atoms with E-state index in [1.165, 1.54) is 12.1 Å². The Labute approximate surface area is 179 Å². The van der Waals surface area contributed by atoms with Crippen LogP contribution in [0, 0.1) is 5.82 Å². The number of carbonyl (C=O) groups is 2. The van der Waals surface area contributed by atoms with Crippen LogP contribution in [0.1, 0.15) is 11.6 Å². The number of hydrogen-bond acceptors (Lipinski definition) is 6. The van der Waals surface area contributed by atoms with Gasteiger partial charge < -0.3 is 25.0 Å². The number of nitrogens with zero attached hydrogens (tertiary/aromatic N) is 2. The molecule has 8 nitrogen and oxygen atoms in total. The van der Waals surface area contributed by atoms with E-state index in [2.05, 4.69) is 27.5 Å². The Kier molecular flexibility index (Phi) is 6.34. The lowest BCUT2D eigenvalue weighted by Gasteiger charge is -2.38. The number of anilines is 1. The summed E-state index contributed by atoms with van der Waals surface area (Å²) in [6, 6.07) is 11.0. The minimum absolute atomic E-state index is 0.129. The molecule has 0 unspecified atom stereocenters. The molecule has 4 rings (SSSR count). The van der Waals surface area contributed by atoms with E-state index in [0.717, 1.165) is 31.7 Å². The molecule has 0 saturated carbocycles. The van der Waals surface area contributed by atoms with Crippen LogP contribution in [0.4, 0.5) is 10.1 Å². The predicted octanol–water partition coefficient (Wildman–Crippen LogP) is 1.60. The van der Waals surface area contributed by atoms with Crippen molar-refractivity contribution in [2.75, 3.05) is 51.9 Å². The number of rotatable bonds is 5. The molecule has 31 heavy (non-hydrogen) atoms. The Bertz CT molecular complexity index is 945. The zero-order valence-electron chi connectivity index (χ0n) is 17.3. The Morgan fingerprint density at radius 2 is 1.71 bits per heavy atom. The van der Waals surface area contributed by atoms with Crippen molar-refractivity contribution in [2.45, 2.75) is 6.04 Å². The average molecular weight is 428 g/mol. The molecule has 2 amide bonds. The monoisotopic (exact) mass is 428 g/mol. The standard InChI is InChI=1S/C22H25FN4O4/c1-26-8-10-27(11-9-26)18(15-2-4-16(23)5-3-15)13-24-21(28)22(29)25-17-6-7-19-20(12-17)31-14-30-19/h2-7,12,18H,8-11,13-14H2,1H3,(H,24,28)(H,25,29)/t18-/m1/s1. The Morgan fingerprint density at radius 3 is 2.45 bits per heavy atom. The molecule has 164 valence electrons. The first kappa shape index (κ1) is 21.1. The van der Waals surface area contributed by atoms with Crippen molar-refractivity contribution < 1.29 is 23.5 Å². The van der Waals surface area contributed by atoms with Gasteiger partial charge in [-0.15, -0.1) is 0 Å². The van der Waals surface area contributed by atoms with E-state index in [1.54, 1.807) is 30.3 Å². The highest BCUT2D eigenvalue weighted by Gasteiger charge is 2.26. The number of nitrogens with one attached hydrogen (secondary N) is 2. The zero-order valence-corrected chi connectivity index (χ0v) is 17.3. The van der Waals surface area contributed by atoms with Crippen molar-refractivity contribution in [3.8, 4) is 11.5 Å². The molecular formula is C22H25FN4O4. The fraction of sp³-hybridized carbons (Fsp3) is 0.364. The highest BCUT2D eigenvalue weighted by molar-refractivity contribution is 6.39. The first-order chi connectivity index (χ1) is 15.0. The summed E-state index contributed by atoms with van der Waals surface area (Å²) in [5.41, 5.74) is 1.33. The molecule has 2 aromatic rings. The van der Waals surface area contributed by atoms with Crippen LogP contribution in [0.3, 0.4) is 0 Å². The number of fused-ring (bicyclic) bond motifs is 1. The number of halogens is 1. The van der Waals surface area contributed by atoms with E-state index < -0.39 is 11.8 Å². The van der Waals surface area contributed by atoms with E-state index >= 15 is 0 Å². The molecule has 0 radical (unpaired) electrons. The largest absolute Gasteiger partial charge is 0.454 e. The number of likely N-dealkylation sites (N-methyl/N-ethyl adjacent to an activating group) is 1. The van der Waals surface area contributed by atoms with Crippen molar-refractivity contribution in [3.05, 3.63) is 53.8 Å². The lowest BCUT2D eigenvalue weighted by molar-refractivity contribution is -0.136. The lowest BCUT2D eigenvalue weighted by Crippen LogP contribution is -2.49. The van der Waals surface area contributed by atoms with E-state index in [9.17, 15) is 14.0 Å². The quantitative estimate of drug-likeness (QED) is 0.704. The van der Waals surface area contributed by atoms with E-state index in [-0.39, 0.29) is 25.2 Å². The van der Waals surface area contributed by atoms with Gasteiger partial charge in [0.2, 0.25) is 6.79 Å². The molecule has 2 aliphatic rings. The van der Waals surface area contributed by atoms with Gasteiger partial charge in [-0.05, 0) is 36.9 Å². The zero-order chi connectivity index (χ0) is 21.8. The number of benzene rings is 2. The maximum Gasteiger partial charge on any atom is 0.313 e. The van der Waals surface area contributed by atoms with E-state index in [1.807, 2.05) is 0 Å². The van der Waals surface area contributed by atoms with Crippen LogP contribution in [-0.2, 0) is 9.59 Å². The fourth-order valence-corrected chi connectivity index (χ4v) is 3.71. The third-order valence-electron chi connectivity index (χ3n) is 5.53. The second kappa shape index (κ2) is 9.32. The molecule has 0 spiro atoms. The van der Waals surface area contributed by atoms with Gasteiger partial charge in [-0.1, -0.05) is 12.1 Å². The maximum atomic E-state index is 13.4. The van der Waals surface area contributed by atoms with Gasteiger partial charge >= 0.3 is 11.8 Å². The number of ether oxygens (including phenoxy) is 2. The number of carbonyl (C=O) groups excluding carboxylic acids is 2. The number of hydrogen-bond donors (Lipinski definition) is 2. The Balaban J connectivity index is 1.39. The van der Waals surface area contributed by atoms with Crippen LogP contribution in [0.5, 0.6) is 11.5 Å². The van der Waals surface area contributed by atoms with Gasteiger partial charge in [0, 0.05) is 44.5 Å².